The van der Waals surface area contributed by atoms with Gasteiger partial charge in [-0.25, -0.2) is 8.42 Å². The first-order valence-corrected chi connectivity index (χ1v) is 8.34. The van der Waals surface area contributed by atoms with Crippen LogP contribution in [0, 0.1) is 0 Å². The third kappa shape index (κ3) is 3.97. The van der Waals surface area contributed by atoms with Gasteiger partial charge in [0.1, 0.15) is 0 Å². The molecule has 1 aromatic rings. The predicted molar refractivity (Wildman–Crippen MR) is 75.8 cm³/mol. The molecule has 0 amide bonds. The van der Waals surface area contributed by atoms with Crippen molar-refractivity contribution in [1.82, 2.24) is 5.32 Å². The smallest absolute Gasteiger partial charge is 0.313 e. The molecule has 1 rings (SSSR count). The van der Waals surface area contributed by atoms with Gasteiger partial charge in [0.05, 0.1) is 15.7 Å². The lowest BCUT2D eigenvalue weighted by molar-refractivity contribution is -0.139. The summed E-state index contributed by atoms with van der Waals surface area (Å²) in [4.78, 5) is -0.652. The Morgan fingerprint density at radius 1 is 1.19 bits per heavy atom. The van der Waals surface area contributed by atoms with Crippen molar-refractivity contribution in [1.29, 1.82) is 0 Å². The largest absolute Gasteiger partial charge is 0.417 e. The Morgan fingerprint density at radius 2 is 1.76 bits per heavy atom. The summed E-state index contributed by atoms with van der Waals surface area (Å²) in [5, 5.41) is 2.07. The third-order valence-corrected chi connectivity index (χ3v) is 5.74. The van der Waals surface area contributed by atoms with Crippen molar-refractivity contribution >= 4 is 9.84 Å². The summed E-state index contributed by atoms with van der Waals surface area (Å²) in [6.07, 6.45) is -4.17. The van der Waals surface area contributed by atoms with E-state index in [9.17, 15) is 21.6 Å². The summed E-state index contributed by atoms with van der Waals surface area (Å²) in [6.45, 7) is 5.62. The van der Waals surface area contributed by atoms with E-state index in [-0.39, 0.29) is 6.04 Å². The van der Waals surface area contributed by atoms with Gasteiger partial charge in [0.15, 0.2) is 9.84 Å². The summed E-state index contributed by atoms with van der Waals surface area (Å²) in [6, 6.07) is 3.93. The SMILES string of the molecule is CCNC(CC)C(C)S(=O)(=O)c1ccccc1C(F)(F)F. The zero-order valence-electron chi connectivity index (χ0n) is 12.2. The van der Waals surface area contributed by atoms with Crippen molar-refractivity contribution in [2.75, 3.05) is 6.54 Å². The Hall–Kier alpha value is -1.08. The lowest BCUT2D eigenvalue weighted by Crippen LogP contribution is -2.42. The number of alkyl halides is 3. The Labute approximate surface area is 123 Å². The summed E-state index contributed by atoms with van der Waals surface area (Å²) in [5.74, 6) is 0. The summed E-state index contributed by atoms with van der Waals surface area (Å²) >= 11 is 0. The highest BCUT2D eigenvalue weighted by molar-refractivity contribution is 7.92. The van der Waals surface area contributed by atoms with Crippen LogP contribution in [0.5, 0.6) is 0 Å². The summed E-state index contributed by atoms with van der Waals surface area (Å²) in [7, 11) is -4.07. The van der Waals surface area contributed by atoms with Crippen LogP contribution in [-0.2, 0) is 16.0 Å². The van der Waals surface area contributed by atoms with Gasteiger partial charge < -0.3 is 5.32 Å². The maximum Gasteiger partial charge on any atom is 0.417 e. The number of nitrogens with one attached hydrogen (secondary N) is 1. The summed E-state index contributed by atoms with van der Waals surface area (Å²) < 4.78 is 64.0. The van der Waals surface area contributed by atoms with Crippen LogP contribution >= 0.6 is 0 Å². The topological polar surface area (TPSA) is 46.2 Å². The van der Waals surface area contributed by atoms with Gasteiger partial charge in [0.25, 0.3) is 0 Å². The molecule has 0 heterocycles. The van der Waals surface area contributed by atoms with Crippen LogP contribution in [0.2, 0.25) is 0 Å². The molecule has 2 atom stereocenters. The zero-order valence-corrected chi connectivity index (χ0v) is 13.1. The van der Waals surface area contributed by atoms with Crippen molar-refractivity contribution in [2.45, 2.75) is 49.6 Å². The van der Waals surface area contributed by atoms with E-state index < -0.39 is 31.7 Å². The first-order valence-electron chi connectivity index (χ1n) is 6.79. The fourth-order valence-corrected chi connectivity index (χ4v) is 4.15. The lowest BCUT2D eigenvalue weighted by Gasteiger charge is -2.25. The fraction of sp³-hybridized carbons (Fsp3) is 0.571. The van der Waals surface area contributed by atoms with Gasteiger partial charge in [-0.3, -0.25) is 0 Å². The number of hydrogen-bond donors (Lipinski definition) is 1. The fourth-order valence-electron chi connectivity index (χ4n) is 2.27. The van der Waals surface area contributed by atoms with Crippen molar-refractivity contribution in [3.05, 3.63) is 29.8 Å². The number of sulfone groups is 1. The number of hydrogen-bond acceptors (Lipinski definition) is 3. The highest BCUT2D eigenvalue weighted by Crippen LogP contribution is 2.35. The van der Waals surface area contributed by atoms with E-state index >= 15 is 0 Å². The monoisotopic (exact) mass is 323 g/mol. The van der Waals surface area contributed by atoms with Gasteiger partial charge in [-0.05, 0) is 32.0 Å². The molecule has 0 fully saturated rings. The molecule has 0 bridgehead atoms. The molecule has 0 aliphatic carbocycles. The quantitative estimate of drug-likeness (QED) is 0.874. The van der Waals surface area contributed by atoms with E-state index in [1.165, 1.54) is 19.1 Å². The maximum atomic E-state index is 13.0. The molecular formula is C14H20F3NO2S. The first kappa shape index (κ1) is 18.0. The average Bonchev–Trinajstić information content (AvgIpc) is 2.43. The van der Waals surface area contributed by atoms with Crippen LogP contribution in [0.15, 0.2) is 29.2 Å². The van der Waals surface area contributed by atoms with Crippen LogP contribution in [0.4, 0.5) is 13.2 Å². The second kappa shape index (κ2) is 6.79. The van der Waals surface area contributed by atoms with E-state index in [1.54, 1.807) is 6.92 Å². The number of rotatable bonds is 6. The molecule has 0 saturated carbocycles. The Bertz CT molecular complexity index is 570. The van der Waals surface area contributed by atoms with Crippen molar-refractivity contribution in [3.8, 4) is 0 Å². The molecular weight excluding hydrogens is 303 g/mol. The molecule has 0 spiro atoms. The van der Waals surface area contributed by atoms with Crippen molar-refractivity contribution in [3.63, 3.8) is 0 Å². The minimum Gasteiger partial charge on any atom is -0.313 e. The molecule has 3 nitrogen and oxygen atoms in total. The van der Waals surface area contributed by atoms with Crippen LogP contribution < -0.4 is 5.32 Å². The van der Waals surface area contributed by atoms with Gasteiger partial charge in [-0.1, -0.05) is 26.0 Å². The van der Waals surface area contributed by atoms with E-state index in [1.807, 2.05) is 6.92 Å². The van der Waals surface area contributed by atoms with Crippen LogP contribution in [0.1, 0.15) is 32.8 Å². The van der Waals surface area contributed by atoms with Gasteiger partial charge in [0.2, 0.25) is 0 Å². The van der Waals surface area contributed by atoms with Crippen LogP contribution in [0.25, 0.3) is 0 Å². The van der Waals surface area contributed by atoms with E-state index in [2.05, 4.69) is 5.32 Å². The first-order chi connectivity index (χ1) is 9.66. The van der Waals surface area contributed by atoms with Crippen LogP contribution in [0.3, 0.4) is 0 Å². The zero-order chi connectivity index (χ0) is 16.3. The van der Waals surface area contributed by atoms with Gasteiger partial charge in [-0.15, -0.1) is 0 Å². The maximum absolute atomic E-state index is 13.0. The molecule has 2 unspecified atom stereocenters. The Balaban J connectivity index is 3.32. The third-order valence-electron chi connectivity index (χ3n) is 3.46. The van der Waals surface area contributed by atoms with E-state index in [4.69, 9.17) is 0 Å². The number of benzene rings is 1. The molecule has 0 aliphatic heterocycles. The molecule has 21 heavy (non-hydrogen) atoms. The highest BCUT2D eigenvalue weighted by Gasteiger charge is 2.39. The minimum atomic E-state index is -4.69. The predicted octanol–water partition coefficient (Wildman–Crippen LogP) is 3.26. The van der Waals surface area contributed by atoms with Gasteiger partial charge in [-0.2, -0.15) is 13.2 Å². The number of halogens is 3. The van der Waals surface area contributed by atoms with Gasteiger partial charge >= 0.3 is 6.18 Å². The van der Waals surface area contributed by atoms with E-state index in [0.717, 1.165) is 12.1 Å². The van der Waals surface area contributed by atoms with Crippen LogP contribution in [-0.4, -0.2) is 26.3 Å². The molecule has 1 aromatic carbocycles. The molecule has 0 saturated heterocycles. The van der Waals surface area contributed by atoms with Crippen molar-refractivity contribution < 1.29 is 21.6 Å². The second-order valence-electron chi connectivity index (χ2n) is 4.82. The molecule has 0 aliphatic rings. The highest BCUT2D eigenvalue weighted by atomic mass is 32.2. The Kier molecular flexibility index (Phi) is 5.81. The normalized spacial score (nSPS) is 15.7. The molecule has 1 N–H and O–H groups in total. The molecule has 0 radical (unpaired) electrons. The van der Waals surface area contributed by atoms with Crippen molar-refractivity contribution in [2.24, 2.45) is 0 Å². The average molecular weight is 323 g/mol. The lowest BCUT2D eigenvalue weighted by atomic mass is 10.1. The molecule has 0 aromatic heterocycles. The van der Waals surface area contributed by atoms with E-state index in [0.29, 0.717) is 13.0 Å². The second-order valence-corrected chi connectivity index (χ2v) is 7.09. The molecule has 120 valence electrons. The van der Waals surface area contributed by atoms with Gasteiger partial charge in [0, 0.05) is 6.04 Å². The summed E-state index contributed by atoms with van der Waals surface area (Å²) in [5.41, 5.74) is -1.11. The Morgan fingerprint density at radius 3 is 2.24 bits per heavy atom. The molecule has 7 heteroatoms. The minimum absolute atomic E-state index is 0.388. The standard InChI is InChI=1S/C14H20F3NO2S/c1-4-12(18-5-2)10(3)21(19,20)13-9-7-6-8-11(13)14(15,16)17/h6-10,12,18H,4-5H2,1-3H3.